The third-order valence-corrected chi connectivity index (χ3v) is 6.71. The molecule has 0 aromatic heterocycles. The number of benzene rings is 3. The van der Waals surface area contributed by atoms with Gasteiger partial charge < -0.3 is 19.6 Å². The number of quaternary nitrogens is 1. The number of carbonyl (C=O) groups excluding carboxylic acids is 2. The van der Waals surface area contributed by atoms with Crippen molar-refractivity contribution in [2.45, 2.75) is 24.5 Å². The van der Waals surface area contributed by atoms with Gasteiger partial charge in [-0.2, -0.15) is 0 Å². The topological polar surface area (TPSA) is 78.5 Å². The van der Waals surface area contributed by atoms with E-state index in [0.717, 1.165) is 25.1 Å². The van der Waals surface area contributed by atoms with Crippen molar-refractivity contribution in [1.82, 2.24) is 0 Å². The summed E-state index contributed by atoms with van der Waals surface area (Å²) in [6.45, 7) is 1.18. The molecule has 1 N–H and O–H groups in total. The number of nitrogens with one attached hydrogen (secondary N) is 1. The van der Waals surface area contributed by atoms with E-state index in [1.165, 1.54) is 0 Å². The molecule has 0 bridgehead atoms. The molecule has 0 radical (unpaired) electrons. The van der Waals surface area contributed by atoms with E-state index in [4.69, 9.17) is 4.74 Å². The number of amides is 1. The van der Waals surface area contributed by atoms with Crippen LogP contribution >= 0.6 is 0 Å². The van der Waals surface area contributed by atoms with Crippen molar-refractivity contribution >= 4 is 17.6 Å². The minimum atomic E-state index is -2.16. The van der Waals surface area contributed by atoms with Crippen LogP contribution in [0, 0.1) is 0 Å². The molecule has 176 valence electrons. The third kappa shape index (κ3) is 5.03. The summed E-state index contributed by atoms with van der Waals surface area (Å²) < 4.78 is 6.16. The first-order chi connectivity index (χ1) is 16.4. The van der Waals surface area contributed by atoms with Gasteiger partial charge in [0.1, 0.15) is 12.6 Å². The van der Waals surface area contributed by atoms with E-state index in [1.807, 2.05) is 49.5 Å². The zero-order valence-electron chi connectivity index (χ0n) is 19.4. The molecular weight excluding hydrogens is 428 g/mol. The zero-order chi connectivity index (χ0) is 24.0. The van der Waals surface area contributed by atoms with Crippen LogP contribution in [0.5, 0.6) is 0 Å². The minimum absolute atomic E-state index is 0.0544. The van der Waals surface area contributed by atoms with Crippen LogP contribution in [0.15, 0.2) is 91.0 Å². The summed E-state index contributed by atoms with van der Waals surface area (Å²) >= 11 is 0. The first-order valence-corrected chi connectivity index (χ1v) is 11.6. The maximum atomic E-state index is 14.0. The highest BCUT2D eigenvalue weighted by molar-refractivity contribution is 5.91. The summed E-state index contributed by atoms with van der Waals surface area (Å²) in [6, 6.07) is 26.5. The Balaban J connectivity index is 1.46. The fourth-order valence-corrected chi connectivity index (χ4v) is 4.73. The fourth-order valence-electron chi connectivity index (χ4n) is 4.73. The van der Waals surface area contributed by atoms with Crippen LogP contribution in [0.3, 0.4) is 0 Å². The summed E-state index contributed by atoms with van der Waals surface area (Å²) in [5.74, 6) is -0.907. The second-order valence-electron chi connectivity index (χ2n) is 9.08. The molecule has 1 fully saturated rings. The molecule has 6 nitrogen and oxygen atoms in total. The highest BCUT2D eigenvalue weighted by Crippen LogP contribution is 2.30. The normalized spacial score (nSPS) is 20.0. The van der Waals surface area contributed by atoms with E-state index < -0.39 is 11.6 Å². The maximum Gasteiger partial charge on any atom is 0.304 e. The van der Waals surface area contributed by atoms with Crippen molar-refractivity contribution in [2.75, 3.05) is 32.1 Å². The van der Waals surface area contributed by atoms with Crippen molar-refractivity contribution < 1.29 is 23.9 Å². The summed E-state index contributed by atoms with van der Waals surface area (Å²) in [5, 5.41) is 16.9. The molecule has 1 aliphatic rings. The van der Waals surface area contributed by atoms with Gasteiger partial charge in [0.15, 0.2) is 6.54 Å². The quantitative estimate of drug-likeness (QED) is 0.416. The molecule has 1 heterocycles. The smallest absolute Gasteiger partial charge is 0.304 e. The van der Waals surface area contributed by atoms with E-state index in [0.29, 0.717) is 15.6 Å². The Kier molecular flexibility index (Phi) is 7.10. The Morgan fingerprint density at radius 1 is 0.941 bits per heavy atom. The van der Waals surface area contributed by atoms with Crippen LogP contribution < -0.4 is 10.4 Å². The standard InChI is InChI=1S/C28H30N2O4/c1-30(20-26(31)29-24-16-9-4-10-17-24)19-11-18-25(30)21-34-27(32)28(33,22-12-5-2-6-13-22)23-14-7-3-8-15-23/h2-10,12-17,25H,11,18-21H2,1H3,(H,29,31)/t25-,30?/m1/s1. The van der Waals surface area contributed by atoms with Gasteiger partial charge in [-0.3, -0.25) is 9.59 Å². The van der Waals surface area contributed by atoms with Gasteiger partial charge in [-0.05, 0) is 23.3 Å². The molecule has 2 atom stereocenters. The summed E-state index contributed by atoms with van der Waals surface area (Å²) in [7, 11) is 2.01. The first kappa shape index (κ1) is 23.7. The molecule has 6 heteroatoms. The van der Waals surface area contributed by atoms with Gasteiger partial charge in [0.2, 0.25) is 0 Å². The van der Waals surface area contributed by atoms with Crippen LogP contribution in [0.2, 0.25) is 0 Å². The molecule has 0 spiro atoms. The van der Waals surface area contributed by atoms with Crippen LogP contribution in [0.1, 0.15) is 24.0 Å². The predicted octanol–water partition coefficient (Wildman–Crippen LogP) is 3.08. The van der Waals surface area contributed by atoms with Crippen LogP contribution in [-0.2, 0) is 19.9 Å². The number of hydrogen-bond acceptors (Lipinski definition) is 4. The number of hydrogen-bond donors (Lipinski definition) is 1. The molecule has 3 aromatic carbocycles. The Morgan fingerprint density at radius 3 is 2.03 bits per heavy atom. The molecule has 1 amide bonds. The summed E-state index contributed by atoms with van der Waals surface area (Å²) in [4.78, 5) is 26.0. The summed E-state index contributed by atoms with van der Waals surface area (Å²) in [6.07, 6.45) is 1.75. The van der Waals surface area contributed by atoms with Crippen molar-refractivity contribution in [3.8, 4) is 0 Å². The lowest BCUT2D eigenvalue weighted by molar-refractivity contribution is -0.913. The number of esters is 1. The number of likely N-dealkylation sites (N-methyl/N-ethyl adjacent to an activating group) is 1. The number of likely N-dealkylation sites (tertiary alicyclic amines) is 1. The number of anilines is 1. The highest BCUT2D eigenvalue weighted by atomic mass is 16.6. The maximum absolute atomic E-state index is 14.0. The summed E-state index contributed by atoms with van der Waals surface area (Å²) in [5.41, 5.74) is -0.716. The lowest BCUT2D eigenvalue weighted by atomic mass is 9.86. The number of para-hydroxylation sites is 1. The second-order valence-corrected chi connectivity index (χ2v) is 9.08. The SMILES string of the molecule is C[N+]1(CC(=O)Nc2ccccc2)CCC[C@@H]1COC(=O)C([O-])(c1ccccc1)c1ccccc1. The molecule has 1 saturated heterocycles. The molecule has 1 unspecified atom stereocenters. The van der Waals surface area contributed by atoms with Gasteiger partial charge in [-0.15, -0.1) is 0 Å². The average molecular weight is 459 g/mol. The number of carbonyl (C=O) groups is 2. The van der Waals surface area contributed by atoms with E-state index in [9.17, 15) is 14.7 Å². The predicted molar refractivity (Wildman–Crippen MR) is 129 cm³/mol. The molecule has 0 aliphatic carbocycles. The van der Waals surface area contributed by atoms with Gasteiger partial charge in [0, 0.05) is 24.1 Å². The van der Waals surface area contributed by atoms with Gasteiger partial charge in [-0.1, -0.05) is 78.9 Å². The van der Waals surface area contributed by atoms with E-state index >= 15 is 0 Å². The van der Waals surface area contributed by atoms with Gasteiger partial charge >= 0.3 is 5.97 Å². The lowest BCUT2D eigenvalue weighted by Crippen LogP contribution is -2.55. The lowest BCUT2D eigenvalue weighted by Gasteiger charge is -2.40. The Hall–Kier alpha value is -3.48. The first-order valence-electron chi connectivity index (χ1n) is 11.6. The largest absolute Gasteiger partial charge is 0.834 e. The molecule has 4 rings (SSSR count). The van der Waals surface area contributed by atoms with Crippen LogP contribution in [0.25, 0.3) is 0 Å². The zero-order valence-corrected chi connectivity index (χ0v) is 19.4. The number of nitrogens with zero attached hydrogens (tertiary/aromatic N) is 1. The van der Waals surface area contributed by atoms with Crippen molar-refractivity contribution in [1.29, 1.82) is 0 Å². The van der Waals surface area contributed by atoms with Gasteiger partial charge in [0.25, 0.3) is 5.91 Å². The van der Waals surface area contributed by atoms with E-state index in [2.05, 4.69) is 5.32 Å². The van der Waals surface area contributed by atoms with E-state index in [-0.39, 0.29) is 25.1 Å². The van der Waals surface area contributed by atoms with Crippen molar-refractivity contribution in [3.05, 3.63) is 102 Å². The second kappa shape index (κ2) is 10.2. The third-order valence-electron chi connectivity index (χ3n) is 6.71. The average Bonchev–Trinajstić information content (AvgIpc) is 3.23. The Bertz CT molecular complexity index is 1070. The van der Waals surface area contributed by atoms with Crippen LogP contribution in [-0.4, -0.2) is 49.1 Å². The van der Waals surface area contributed by atoms with Crippen molar-refractivity contribution in [3.63, 3.8) is 0 Å². The minimum Gasteiger partial charge on any atom is -0.834 e. The van der Waals surface area contributed by atoms with Gasteiger partial charge in [0.05, 0.1) is 13.6 Å². The molecule has 0 saturated carbocycles. The van der Waals surface area contributed by atoms with Crippen molar-refractivity contribution in [2.24, 2.45) is 0 Å². The number of ether oxygens (including phenoxy) is 1. The molecule has 34 heavy (non-hydrogen) atoms. The molecule has 3 aromatic rings. The molecular formula is C28H30N2O4. The Morgan fingerprint density at radius 2 is 1.47 bits per heavy atom. The van der Waals surface area contributed by atoms with Crippen LogP contribution in [0.4, 0.5) is 5.69 Å². The van der Waals surface area contributed by atoms with E-state index in [1.54, 1.807) is 48.5 Å². The fraction of sp³-hybridized carbons (Fsp3) is 0.286. The number of rotatable bonds is 8. The Labute approximate surface area is 200 Å². The molecule has 1 aliphatic heterocycles. The highest BCUT2D eigenvalue weighted by Gasteiger charge is 2.41. The monoisotopic (exact) mass is 458 g/mol. The van der Waals surface area contributed by atoms with Gasteiger partial charge in [-0.25, -0.2) is 0 Å².